The molecule has 0 unspecified atom stereocenters. The van der Waals surface area contributed by atoms with E-state index >= 15 is 0 Å². The lowest BCUT2D eigenvalue weighted by atomic mass is 10.3. The first kappa shape index (κ1) is 6.99. The minimum atomic E-state index is 0.0486. The normalized spacial score (nSPS) is 9.70. The van der Waals surface area contributed by atoms with Gasteiger partial charge >= 0.3 is 0 Å². The molecule has 3 heteroatoms. The van der Waals surface area contributed by atoms with Gasteiger partial charge < -0.3 is 0 Å². The molecule has 0 saturated heterocycles. The van der Waals surface area contributed by atoms with Gasteiger partial charge in [0.2, 0.25) is 5.91 Å². The molecule has 1 aromatic rings. The average molecular weight is 137 g/mol. The van der Waals surface area contributed by atoms with Crippen LogP contribution >= 0.6 is 0 Å². The quantitative estimate of drug-likeness (QED) is 0.612. The van der Waals surface area contributed by atoms with Gasteiger partial charge in [0.15, 0.2) is 0 Å². The second-order valence-corrected chi connectivity index (χ2v) is 1.97. The van der Waals surface area contributed by atoms with Crippen molar-refractivity contribution in [2.45, 2.75) is 12.8 Å². The molecule has 1 heterocycles. The van der Waals surface area contributed by atoms with Gasteiger partial charge in [0, 0.05) is 18.8 Å². The van der Waals surface area contributed by atoms with Crippen LogP contribution in [0.5, 0.6) is 0 Å². The van der Waals surface area contributed by atoms with Crippen LogP contribution in [0.1, 0.15) is 17.6 Å². The van der Waals surface area contributed by atoms with Crippen molar-refractivity contribution in [3.63, 3.8) is 0 Å². The van der Waals surface area contributed by atoms with Crippen LogP contribution in [0, 0.1) is 6.92 Å². The van der Waals surface area contributed by atoms with Gasteiger partial charge in [-0.25, -0.2) is 4.98 Å². The van der Waals surface area contributed by atoms with Gasteiger partial charge in [-0.3, -0.25) is 9.36 Å². The fraction of sp³-hybridized carbons (Fsp3) is 0.286. The summed E-state index contributed by atoms with van der Waals surface area (Å²) in [5.41, 5.74) is 0. The van der Waals surface area contributed by atoms with E-state index in [1.165, 1.54) is 10.9 Å². The topological polar surface area (TPSA) is 34.9 Å². The van der Waals surface area contributed by atoms with Gasteiger partial charge in [-0.2, -0.15) is 0 Å². The average Bonchev–Trinajstić information content (AvgIpc) is 2.38. The second-order valence-electron chi connectivity index (χ2n) is 1.97. The molecular formula is C7H9N2O. The lowest BCUT2D eigenvalue weighted by Crippen LogP contribution is -2.06. The number of hydrogen-bond acceptors (Lipinski definition) is 2. The Bertz CT molecular complexity index is 203. The van der Waals surface area contributed by atoms with Gasteiger partial charge in [0.05, 0.1) is 0 Å². The van der Waals surface area contributed by atoms with E-state index in [0.29, 0.717) is 12.8 Å². The Morgan fingerprint density at radius 2 is 2.50 bits per heavy atom. The smallest absolute Gasteiger partial charge is 0.231 e. The van der Waals surface area contributed by atoms with Gasteiger partial charge in [-0.05, 0) is 6.42 Å². The van der Waals surface area contributed by atoms with E-state index in [0.717, 1.165) is 0 Å². The number of carbonyl (C=O) groups is 1. The largest absolute Gasteiger partial charge is 0.276 e. The molecule has 53 valence electrons. The van der Waals surface area contributed by atoms with Crippen molar-refractivity contribution in [1.29, 1.82) is 0 Å². The molecule has 0 aromatic carbocycles. The fourth-order valence-electron chi connectivity index (χ4n) is 0.687. The third-order valence-corrected chi connectivity index (χ3v) is 1.18. The third-order valence-electron chi connectivity index (χ3n) is 1.18. The number of hydrogen-bond donors (Lipinski definition) is 0. The summed E-state index contributed by atoms with van der Waals surface area (Å²) >= 11 is 0. The number of imidazole rings is 1. The van der Waals surface area contributed by atoms with Crippen molar-refractivity contribution in [2.24, 2.45) is 0 Å². The third kappa shape index (κ3) is 1.43. The van der Waals surface area contributed by atoms with E-state index in [2.05, 4.69) is 11.9 Å². The molecule has 0 aliphatic rings. The summed E-state index contributed by atoms with van der Waals surface area (Å²) in [6, 6.07) is 0. The summed E-state index contributed by atoms with van der Waals surface area (Å²) in [6.07, 6.45) is 5.84. The maximum atomic E-state index is 11.0. The van der Waals surface area contributed by atoms with Crippen LogP contribution in [0.4, 0.5) is 0 Å². The Morgan fingerprint density at radius 3 is 3.00 bits per heavy atom. The molecule has 0 bridgehead atoms. The highest BCUT2D eigenvalue weighted by atomic mass is 16.2. The Balaban J connectivity index is 2.59. The molecule has 0 spiro atoms. The summed E-state index contributed by atoms with van der Waals surface area (Å²) in [4.78, 5) is 14.7. The molecule has 3 nitrogen and oxygen atoms in total. The maximum absolute atomic E-state index is 11.0. The monoisotopic (exact) mass is 137 g/mol. The van der Waals surface area contributed by atoms with Crippen LogP contribution in [-0.4, -0.2) is 15.5 Å². The molecule has 0 aliphatic carbocycles. The van der Waals surface area contributed by atoms with Crippen molar-refractivity contribution < 1.29 is 4.79 Å². The zero-order valence-electron chi connectivity index (χ0n) is 5.66. The molecule has 1 radical (unpaired) electrons. The van der Waals surface area contributed by atoms with Crippen molar-refractivity contribution in [3.05, 3.63) is 25.6 Å². The predicted molar refractivity (Wildman–Crippen MR) is 37.4 cm³/mol. The highest BCUT2D eigenvalue weighted by molar-refractivity contribution is 5.78. The van der Waals surface area contributed by atoms with Crippen LogP contribution < -0.4 is 0 Å². The molecule has 0 fully saturated rings. The van der Waals surface area contributed by atoms with Gasteiger partial charge in [-0.15, -0.1) is 0 Å². The van der Waals surface area contributed by atoms with Crippen LogP contribution in [-0.2, 0) is 0 Å². The molecule has 0 atom stereocenters. The maximum Gasteiger partial charge on any atom is 0.231 e. The second kappa shape index (κ2) is 3.15. The lowest BCUT2D eigenvalue weighted by Gasteiger charge is -1.95. The van der Waals surface area contributed by atoms with Crippen molar-refractivity contribution >= 4 is 5.91 Å². The van der Waals surface area contributed by atoms with Gasteiger partial charge in [0.1, 0.15) is 6.33 Å². The first-order valence-corrected chi connectivity index (χ1v) is 3.15. The van der Waals surface area contributed by atoms with E-state index in [-0.39, 0.29) is 5.91 Å². The molecule has 1 aromatic heterocycles. The van der Waals surface area contributed by atoms with Crippen LogP contribution in [0.25, 0.3) is 0 Å². The Kier molecular flexibility index (Phi) is 2.20. The van der Waals surface area contributed by atoms with Crippen molar-refractivity contribution in [2.75, 3.05) is 0 Å². The first-order valence-electron chi connectivity index (χ1n) is 3.15. The number of nitrogens with zero attached hydrogens (tertiary/aromatic N) is 2. The summed E-state index contributed by atoms with van der Waals surface area (Å²) < 4.78 is 1.46. The zero-order chi connectivity index (χ0) is 7.40. The molecule has 1 rings (SSSR count). The summed E-state index contributed by atoms with van der Waals surface area (Å²) in [6.45, 7) is 3.58. The van der Waals surface area contributed by atoms with Gasteiger partial charge in [-0.1, -0.05) is 6.92 Å². The summed E-state index contributed by atoms with van der Waals surface area (Å²) in [5.74, 6) is 0.0486. The van der Waals surface area contributed by atoms with E-state index in [9.17, 15) is 4.79 Å². The van der Waals surface area contributed by atoms with Gasteiger partial charge in [0.25, 0.3) is 0 Å². The molecule has 10 heavy (non-hydrogen) atoms. The Labute approximate surface area is 59.7 Å². The first-order chi connectivity index (χ1) is 4.84. The Hall–Kier alpha value is -1.12. The van der Waals surface area contributed by atoms with E-state index in [1.807, 2.05) is 0 Å². The van der Waals surface area contributed by atoms with Crippen LogP contribution in [0.3, 0.4) is 0 Å². The van der Waals surface area contributed by atoms with E-state index < -0.39 is 0 Å². The molecule has 0 amide bonds. The van der Waals surface area contributed by atoms with Crippen LogP contribution in [0.15, 0.2) is 18.7 Å². The predicted octanol–water partition coefficient (Wildman–Crippen LogP) is 1.14. The summed E-state index contributed by atoms with van der Waals surface area (Å²) in [7, 11) is 0. The highest BCUT2D eigenvalue weighted by Gasteiger charge is 1.99. The molecular weight excluding hydrogens is 128 g/mol. The van der Waals surface area contributed by atoms with Crippen LogP contribution in [0.2, 0.25) is 0 Å². The fourth-order valence-corrected chi connectivity index (χ4v) is 0.687. The van der Waals surface area contributed by atoms with E-state index in [1.54, 1.807) is 12.4 Å². The standard InChI is InChI=1S/C7H9N2O/c1-2-3-7(10)9-5-4-8-6-9/h4-6H,1-3H2. The highest BCUT2D eigenvalue weighted by Crippen LogP contribution is 1.93. The zero-order valence-corrected chi connectivity index (χ0v) is 5.66. The van der Waals surface area contributed by atoms with Crippen molar-refractivity contribution in [3.8, 4) is 0 Å². The lowest BCUT2D eigenvalue weighted by molar-refractivity contribution is 0.0903. The summed E-state index contributed by atoms with van der Waals surface area (Å²) in [5, 5.41) is 0. The minimum absolute atomic E-state index is 0.0486. The number of aromatic nitrogens is 2. The number of carbonyl (C=O) groups excluding carboxylic acids is 1. The molecule has 0 saturated carbocycles. The Morgan fingerprint density at radius 1 is 1.70 bits per heavy atom. The van der Waals surface area contributed by atoms with Crippen molar-refractivity contribution in [1.82, 2.24) is 9.55 Å². The SMILES string of the molecule is [CH2]CCC(=O)n1ccnc1. The molecule has 0 aliphatic heterocycles. The molecule has 0 N–H and O–H groups in total. The minimum Gasteiger partial charge on any atom is -0.276 e. The van der Waals surface area contributed by atoms with E-state index in [4.69, 9.17) is 0 Å². The number of rotatable bonds is 2.